The van der Waals surface area contributed by atoms with Crippen LogP contribution in [0.2, 0.25) is 0 Å². The van der Waals surface area contributed by atoms with Gasteiger partial charge in [0.25, 0.3) is 5.91 Å². The number of rotatable bonds is 6. The summed E-state index contributed by atoms with van der Waals surface area (Å²) in [7, 11) is 2.19. The Morgan fingerprint density at radius 3 is 2.54 bits per heavy atom. The third kappa shape index (κ3) is 5.82. The summed E-state index contributed by atoms with van der Waals surface area (Å²) >= 11 is 0. The molecule has 2 fully saturated rings. The molecular formula is C22H35N3O. The van der Waals surface area contributed by atoms with Gasteiger partial charge in [-0.1, -0.05) is 19.1 Å². The third-order valence-electron chi connectivity index (χ3n) is 6.04. The largest absolute Gasteiger partial charge is 0.352 e. The first kappa shape index (κ1) is 19.4. The Balaban J connectivity index is 1.40. The molecule has 2 aliphatic heterocycles. The van der Waals surface area contributed by atoms with Crippen molar-refractivity contribution in [1.29, 1.82) is 0 Å². The molecule has 0 bridgehead atoms. The maximum Gasteiger partial charge on any atom is 0.251 e. The monoisotopic (exact) mass is 357 g/mol. The van der Waals surface area contributed by atoms with Gasteiger partial charge >= 0.3 is 0 Å². The second-order valence-corrected chi connectivity index (χ2v) is 8.47. The number of amides is 1. The topological polar surface area (TPSA) is 35.6 Å². The van der Waals surface area contributed by atoms with Crippen molar-refractivity contribution in [2.75, 3.05) is 39.8 Å². The zero-order chi connectivity index (χ0) is 18.4. The molecule has 0 aliphatic carbocycles. The van der Waals surface area contributed by atoms with Crippen molar-refractivity contribution in [3.05, 3.63) is 35.4 Å². The first-order valence-corrected chi connectivity index (χ1v) is 10.4. The normalized spacial score (nSPS) is 23.1. The highest BCUT2D eigenvalue weighted by atomic mass is 16.1. The van der Waals surface area contributed by atoms with Crippen LogP contribution in [0.25, 0.3) is 0 Å². The molecule has 0 saturated carbocycles. The number of nitrogens with one attached hydrogen (secondary N) is 1. The Bertz CT molecular complexity index is 563. The van der Waals surface area contributed by atoms with Gasteiger partial charge in [-0.2, -0.15) is 0 Å². The van der Waals surface area contributed by atoms with Crippen LogP contribution in [0.1, 0.15) is 54.9 Å². The lowest BCUT2D eigenvalue weighted by Gasteiger charge is -2.30. The van der Waals surface area contributed by atoms with E-state index >= 15 is 0 Å². The van der Waals surface area contributed by atoms with E-state index in [1.54, 1.807) is 0 Å². The second kappa shape index (κ2) is 9.52. The fourth-order valence-corrected chi connectivity index (χ4v) is 4.29. The molecule has 144 valence electrons. The summed E-state index contributed by atoms with van der Waals surface area (Å²) in [5.41, 5.74) is 2.09. The van der Waals surface area contributed by atoms with Crippen LogP contribution in [0.4, 0.5) is 0 Å². The molecular weight excluding hydrogens is 322 g/mol. The van der Waals surface area contributed by atoms with Gasteiger partial charge in [-0.05, 0) is 88.3 Å². The number of nitrogens with zero attached hydrogens (tertiary/aromatic N) is 2. The first-order valence-electron chi connectivity index (χ1n) is 10.4. The van der Waals surface area contributed by atoms with E-state index in [9.17, 15) is 4.79 Å². The molecule has 1 atom stereocenters. The third-order valence-corrected chi connectivity index (χ3v) is 6.04. The van der Waals surface area contributed by atoms with Crippen molar-refractivity contribution >= 4 is 5.91 Å². The van der Waals surface area contributed by atoms with Crippen LogP contribution in [-0.2, 0) is 6.54 Å². The predicted molar refractivity (Wildman–Crippen MR) is 107 cm³/mol. The molecule has 0 radical (unpaired) electrons. The van der Waals surface area contributed by atoms with E-state index in [1.165, 1.54) is 57.4 Å². The maximum absolute atomic E-state index is 12.4. The van der Waals surface area contributed by atoms with E-state index in [-0.39, 0.29) is 5.91 Å². The summed E-state index contributed by atoms with van der Waals surface area (Å²) in [6.45, 7) is 8.91. The molecule has 3 rings (SSSR count). The Morgan fingerprint density at radius 1 is 1.12 bits per heavy atom. The molecule has 1 aromatic carbocycles. The zero-order valence-electron chi connectivity index (χ0n) is 16.5. The molecule has 26 heavy (non-hydrogen) atoms. The summed E-state index contributed by atoms with van der Waals surface area (Å²) in [6.07, 6.45) is 6.28. The van der Waals surface area contributed by atoms with E-state index in [0.717, 1.165) is 36.9 Å². The first-order chi connectivity index (χ1) is 12.6. The Hall–Kier alpha value is -1.39. The molecule has 4 nitrogen and oxygen atoms in total. The van der Waals surface area contributed by atoms with Crippen LogP contribution in [0.5, 0.6) is 0 Å². The molecule has 1 aromatic rings. The highest BCUT2D eigenvalue weighted by Crippen LogP contribution is 2.19. The summed E-state index contributed by atoms with van der Waals surface area (Å²) in [6, 6.07) is 8.19. The smallest absolute Gasteiger partial charge is 0.251 e. The summed E-state index contributed by atoms with van der Waals surface area (Å²) in [5.74, 6) is 1.63. The molecule has 4 heteroatoms. The second-order valence-electron chi connectivity index (χ2n) is 8.47. The van der Waals surface area contributed by atoms with E-state index in [1.807, 2.05) is 12.1 Å². The van der Waals surface area contributed by atoms with Crippen molar-refractivity contribution in [3.63, 3.8) is 0 Å². The lowest BCUT2D eigenvalue weighted by atomic mass is 9.94. The van der Waals surface area contributed by atoms with Gasteiger partial charge in [0.1, 0.15) is 0 Å². The Kier molecular flexibility index (Phi) is 7.09. The number of carbonyl (C=O) groups is 1. The average molecular weight is 358 g/mol. The summed E-state index contributed by atoms with van der Waals surface area (Å²) in [4.78, 5) is 17.3. The molecule has 2 heterocycles. The molecule has 1 N–H and O–H groups in total. The van der Waals surface area contributed by atoms with E-state index in [2.05, 4.69) is 41.2 Å². The van der Waals surface area contributed by atoms with E-state index in [0.29, 0.717) is 0 Å². The lowest BCUT2D eigenvalue weighted by molar-refractivity contribution is 0.0949. The van der Waals surface area contributed by atoms with Gasteiger partial charge in [0, 0.05) is 25.2 Å². The average Bonchev–Trinajstić information content (AvgIpc) is 2.64. The van der Waals surface area contributed by atoms with Gasteiger partial charge < -0.3 is 10.2 Å². The summed E-state index contributed by atoms with van der Waals surface area (Å²) in [5, 5.41) is 3.10. The predicted octanol–water partition coefficient (Wildman–Crippen LogP) is 3.38. The number of carbonyl (C=O) groups excluding carboxylic acids is 1. The van der Waals surface area contributed by atoms with Gasteiger partial charge in [-0.15, -0.1) is 0 Å². The molecule has 0 aromatic heterocycles. The quantitative estimate of drug-likeness (QED) is 0.848. The van der Waals surface area contributed by atoms with Crippen molar-refractivity contribution in [1.82, 2.24) is 15.1 Å². The van der Waals surface area contributed by atoms with Crippen molar-refractivity contribution in [3.8, 4) is 0 Å². The number of benzene rings is 1. The highest BCUT2D eigenvalue weighted by molar-refractivity contribution is 5.94. The Morgan fingerprint density at radius 2 is 1.85 bits per heavy atom. The minimum absolute atomic E-state index is 0.0658. The standard InChI is InChI=1S/C22H35N3O/c1-18-4-3-13-25(16-18)17-20-5-7-21(8-6-20)22(26)23-12-9-19-10-14-24(2)15-11-19/h5-8,18-19H,3-4,9-17H2,1-2H3,(H,23,26)/t18-/m1/s1. The summed E-state index contributed by atoms with van der Waals surface area (Å²) < 4.78 is 0. The van der Waals surface area contributed by atoms with Crippen molar-refractivity contribution in [2.24, 2.45) is 11.8 Å². The van der Waals surface area contributed by atoms with E-state index < -0.39 is 0 Å². The molecule has 2 saturated heterocycles. The van der Waals surface area contributed by atoms with Gasteiger partial charge in [0.2, 0.25) is 0 Å². The van der Waals surface area contributed by atoms with Crippen LogP contribution in [0.15, 0.2) is 24.3 Å². The number of likely N-dealkylation sites (tertiary alicyclic amines) is 2. The van der Waals surface area contributed by atoms with Gasteiger partial charge in [0.05, 0.1) is 0 Å². The highest BCUT2D eigenvalue weighted by Gasteiger charge is 2.17. The zero-order valence-corrected chi connectivity index (χ0v) is 16.5. The van der Waals surface area contributed by atoms with Crippen LogP contribution < -0.4 is 5.32 Å². The van der Waals surface area contributed by atoms with Crippen LogP contribution in [-0.4, -0.2) is 55.5 Å². The number of piperidine rings is 2. The van der Waals surface area contributed by atoms with Crippen molar-refractivity contribution in [2.45, 2.75) is 45.6 Å². The van der Waals surface area contributed by atoms with Gasteiger partial charge in [0.15, 0.2) is 0 Å². The maximum atomic E-state index is 12.4. The minimum Gasteiger partial charge on any atom is -0.352 e. The number of hydrogen-bond donors (Lipinski definition) is 1. The van der Waals surface area contributed by atoms with Crippen molar-refractivity contribution < 1.29 is 4.79 Å². The van der Waals surface area contributed by atoms with Gasteiger partial charge in [-0.3, -0.25) is 9.69 Å². The molecule has 0 unspecified atom stereocenters. The SMILES string of the molecule is C[C@@H]1CCCN(Cc2ccc(C(=O)NCCC3CCN(C)CC3)cc2)C1. The Labute approximate surface area is 158 Å². The fourth-order valence-electron chi connectivity index (χ4n) is 4.29. The molecule has 2 aliphatic rings. The van der Waals surface area contributed by atoms with Gasteiger partial charge in [-0.25, -0.2) is 0 Å². The molecule has 0 spiro atoms. The van der Waals surface area contributed by atoms with Crippen LogP contribution in [0, 0.1) is 11.8 Å². The lowest BCUT2D eigenvalue weighted by Crippen LogP contribution is -2.33. The van der Waals surface area contributed by atoms with Crippen LogP contribution >= 0.6 is 0 Å². The van der Waals surface area contributed by atoms with Crippen LogP contribution in [0.3, 0.4) is 0 Å². The molecule has 1 amide bonds. The number of hydrogen-bond acceptors (Lipinski definition) is 3. The fraction of sp³-hybridized carbons (Fsp3) is 0.682. The van der Waals surface area contributed by atoms with E-state index in [4.69, 9.17) is 0 Å². The minimum atomic E-state index is 0.0658.